The first-order valence-electron chi connectivity index (χ1n) is 6.81. The van der Waals surface area contributed by atoms with Gasteiger partial charge in [0, 0.05) is 22.7 Å². The predicted molar refractivity (Wildman–Crippen MR) is 87.1 cm³/mol. The van der Waals surface area contributed by atoms with Gasteiger partial charge in [0.1, 0.15) is 0 Å². The fourth-order valence-corrected chi connectivity index (χ4v) is 3.18. The summed E-state index contributed by atoms with van der Waals surface area (Å²) in [5.74, 6) is 0.178. The van der Waals surface area contributed by atoms with Crippen molar-refractivity contribution >= 4 is 33.2 Å². The minimum Gasteiger partial charge on any atom is -0.353 e. The number of carbonyl (C=O) groups is 1. The van der Waals surface area contributed by atoms with Crippen LogP contribution in [0.3, 0.4) is 0 Å². The highest BCUT2D eigenvalue weighted by Crippen LogP contribution is 2.22. The average Bonchev–Trinajstić information content (AvgIpc) is 2.80. The average molecular weight is 346 g/mol. The molecular weight excluding hydrogens is 322 g/mol. The standard InChI is InChI=1S/C15H24BrNOS/c1-15(2,3)13(9-10-16)17-14(18)8-4-6-12-7-5-11-19-12/h5,7,11,13H,4,6,8-10H2,1-3H3,(H,17,18). The number of amides is 1. The molecule has 0 saturated heterocycles. The van der Waals surface area contributed by atoms with Crippen LogP contribution in [0.15, 0.2) is 17.5 Å². The van der Waals surface area contributed by atoms with E-state index in [1.54, 1.807) is 11.3 Å². The quantitative estimate of drug-likeness (QED) is 0.729. The van der Waals surface area contributed by atoms with Gasteiger partial charge in [0.2, 0.25) is 5.91 Å². The van der Waals surface area contributed by atoms with E-state index in [-0.39, 0.29) is 17.4 Å². The topological polar surface area (TPSA) is 29.1 Å². The molecule has 1 aromatic rings. The monoisotopic (exact) mass is 345 g/mol. The third-order valence-corrected chi connectivity index (χ3v) is 4.58. The summed E-state index contributed by atoms with van der Waals surface area (Å²) in [6, 6.07) is 4.43. The second-order valence-corrected chi connectivity index (χ2v) is 7.72. The molecule has 4 heteroatoms. The third-order valence-electron chi connectivity index (χ3n) is 3.19. The van der Waals surface area contributed by atoms with Gasteiger partial charge in [-0.15, -0.1) is 11.3 Å². The molecular formula is C15H24BrNOS. The molecule has 0 fully saturated rings. The van der Waals surface area contributed by atoms with Crippen LogP contribution in [0.25, 0.3) is 0 Å². The van der Waals surface area contributed by atoms with Gasteiger partial charge < -0.3 is 5.32 Å². The van der Waals surface area contributed by atoms with Crippen molar-refractivity contribution in [3.8, 4) is 0 Å². The molecule has 1 heterocycles. The van der Waals surface area contributed by atoms with Crippen molar-refractivity contribution in [3.05, 3.63) is 22.4 Å². The van der Waals surface area contributed by atoms with Crippen LogP contribution in [0.4, 0.5) is 0 Å². The maximum Gasteiger partial charge on any atom is 0.220 e. The zero-order valence-corrected chi connectivity index (χ0v) is 14.4. The number of hydrogen-bond acceptors (Lipinski definition) is 2. The van der Waals surface area contributed by atoms with Crippen molar-refractivity contribution in [2.24, 2.45) is 5.41 Å². The molecule has 1 atom stereocenters. The van der Waals surface area contributed by atoms with Gasteiger partial charge in [-0.05, 0) is 36.1 Å². The maximum absolute atomic E-state index is 12.0. The Balaban J connectivity index is 2.32. The fourth-order valence-electron chi connectivity index (χ4n) is 1.98. The Bertz CT molecular complexity index is 370. The van der Waals surface area contributed by atoms with Crippen molar-refractivity contribution in [3.63, 3.8) is 0 Å². The van der Waals surface area contributed by atoms with Crippen LogP contribution in [0.2, 0.25) is 0 Å². The number of hydrogen-bond donors (Lipinski definition) is 1. The minimum absolute atomic E-state index is 0.108. The Hall–Kier alpha value is -0.350. The molecule has 1 N–H and O–H groups in total. The molecule has 19 heavy (non-hydrogen) atoms. The molecule has 1 amide bonds. The van der Waals surface area contributed by atoms with Crippen molar-refractivity contribution < 1.29 is 4.79 Å². The Kier molecular flexibility index (Phi) is 7.08. The number of aryl methyl sites for hydroxylation is 1. The van der Waals surface area contributed by atoms with E-state index in [0.717, 1.165) is 24.6 Å². The Morgan fingerprint density at radius 3 is 2.74 bits per heavy atom. The molecule has 0 bridgehead atoms. The van der Waals surface area contributed by atoms with Crippen LogP contribution in [-0.4, -0.2) is 17.3 Å². The summed E-state index contributed by atoms with van der Waals surface area (Å²) in [4.78, 5) is 13.3. The summed E-state index contributed by atoms with van der Waals surface area (Å²) < 4.78 is 0. The van der Waals surface area contributed by atoms with E-state index in [9.17, 15) is 4.79 Å². The molecule has 108 valence electrons. The lowest BCUT2D eigenvalue weighted by atomic mass is 9.85. The molecule has 1 rings (SSSR count). The number of alkyl halides is 1. The van der Waals surface area contributed by atoms with Crippen molar-refractivity contribution in [2.75, 3.05) is 5.33 Å². The number of carbonyl (C=O) groups excluding carboxylic acids is 1. The van der Waals surface area contributed by atoms with Crippen LogP contribution in [0, 0.1) is 5.41 Å². The number of rotatable bonds is 7. The molecule has 2 nitrogen and oxygen atoms in total. The minimum atomic E-state index is 0.108. The van der Waals surface area contributed by atoms with E-state index in [1.165, 1.54) is 4.88 Å². The first kappa shape index (κ1) is 16.7. The van der Waals surface area contributed by atoms with E-state index in [1.807, 2.05) is 0 Å². The molecule has 1 aromatic heterocycles. The van der Waals surface area contributed by atoms with Gasteiger partial charge >= 0.3 is 0 Å². The summed E-state index contributed by atoms with van der Waals surface area (Å²) >= 11 is 5.22. The zero-order valence-electron chi connectivity index (χ0n) is 12.0. The highest BCUT2D eigenvalue weighted by Gasteiger charge is 2.25. The van der Waals surface area contributed by atoms with Crippen molar-refractivity contribution in [1.82, 2.24) is 5.32 Å². The van der Waals surface area contributed by atoms with Crippen LogP contribution < -0.4 is 5.32 Å². The van der Waals surface area contributed by atoms with Crippen LogP contribution in [-0.2, 0) is 11.2 Å². The first-order chi connectivity index (χ1) is 8.93. The Morgan fingerprint density at radius 2 is 2.21 bits per heavy atom. The zero-order chi connectivity index (χ0) is 14.3. The SMILES string of the molecule is CC(C)(C)C(CCBr)NC(=O)CCCc1cccs1. The molecule has 0 radical (unpaired) electrons. The lowest BCUT2D eigenvalue weighted by Gasteiger charge is -2.31. The van der Waals surface area contributed by atoms with Crippen molar-refractivity contribution in [2.45, 2.75) is 52.5 Å². The van der Waals surface area contributed by atoms with Gasteiger partial charge in [0.15, 0.2) is 0 Å². The van der Waals surface area contributed by atoms with Gasteiger partial charge in [-0.2, -0.15) is 0 Å². The van der Waals surface area contributed by atoms with Crippen LogP contribution in [0.1, 0.15) is 44.9 Å². The highest BCUT2D eigenvalue weighted by atomic mass is 79.9. The lowest BCUT2D eigenvalue weighted by Crippen LogP contribution is -2.43. The molecule has 0 saturated carbocycles. The lowest BCUT2D eigenvalue weighted by molar-refractivity contribution is -0.122. The number of thiophene rings is 1. The Labute approximate surface area is 129 Å². The van der Waals surface area contributed by atoms with Crippen LogP contribution in [0.5, 0.6) is 0 Å². The highest BCUT2D eigenvalue weighted by molar-refractivity contribution is 9.09. The summed E-state index contributed by atoms with van der Waals surface area (Å²) in [6.07, 6.45) is 3.52. The summed E-state index contributed by atoms with van der Waals surface area (Å²) in [6.45, 7) is 6.52. The third kappa shape index (κ3) is 6.57. The van der Waals surface area contributed by atoms with Gasteiger partial charge in [-0.25, -0.2) is 0 Å². The van der Waals surface area contributed by atoms with E-state index < -0.39 is 0 Å². The second kappa shape index (κ2) is 8.05. The summed E-state index contributed by atoms with van der Waals surface area (Å²) in [7, 11) is 0. The molecule has 0 aromatic carbocycles. The normalized spacial score (nSPS) is 13.3. The Morgan fingerprint density at radius 1 is 1.47 bits per heavy atom. The second-order valence-electron chi connectivity index (χ2n) is 5.90. The smallest absolute Gasteiger partial charge is 0.220 e. The molecule has 0 aliphatic heterocycles. The summed E-state index contributed by atoms with van der Waals surface area (Å²) in [5, 5.41) is 6.18. The van der Waals surface area contributed by atoms with Gasteiger partial charge in [0.25, 0.3) is 0 Å². The van der Waals surface area contributed by atoms with E-state index in [0.29, 0.717) is 6.42 Å². The largest absolute Gasteiger partial charge is 0.353 e. The molecule has 0 aliphatic rings. The van der Waals surface area contributed by atoms with Gasteiger partial charge in [-0.3, -0.25) is 4.79 Å². The van der Waals surface area contributed by atoms with E-state index in [2.05, 4.69) is 59.5 Å². The number of halogens is 1. The van der Waals surface area contributed by atoms with E-state index >= 15 is 0 Å². The fraction of sp³-hybridized carbons (Fsp3) is 0.667. The maximum atomic E-state index is 12.0. The summed E-state index contributed by atoms with van der Waals surface area (Å²) in [5.41, 5.74) is 0.108. The van der Waals surface area contributed by atoms with Gasteiger partial charge in [-0.1, -0.05) is 42.8 Å². The molecule has 1 unspecified atom stereocenters. The molecule has 0 aliphatic carbocycles. The van der Waals surface area contributed by atoms with E-state index in [4.69, 9.17) is 0 Å². The first-order valence-corrected chi connectivity index (χ1v) is 8.81. The molecule has 0 spiro atoms. The van der Waals surface area contributed by atoms with Crippen LogP contribution >= 0.6 is 27.3 Å². The van der Waals surface area contributed by atoms with Crippen molar-refractivity contribution in [1.29, 1.82) is 0 Å². The number of nitrogens with one attached hydrogen (secondary N) is 1. The van der Waals surface area contributed by atoms with Gasteiger partial charge in [0.05, 0.1) is 0 Å². The predicted octanol–water partition coefficient (Wildman–Crippen LogP) is 4.39.